The van der Waals surface area contributed by atoms with E-state index >= 15 is 0 Å². The largest absolute Gasteiger partial charge is 0.462 e. The number of guanidine groups is 1. The van der Waals surface area contributed by atoms with Gasteiger partial charge in [0.1, 0.15) is 9.88 Å². The van der Waals surface area contributed by atoms with Crippen LogP contribution in [0.3, 0.4) is 0 Å². The van der Waals surface area contributed by atoms with Crippen molar-refractivity contribution >= 4 is 47.2 Å². The summed E-state index contributed by atoms with van der Waals surface area (Å²) in [5.74, 6) is 0.383. The Bertz CT molecular complexity index is 840. The molecule has 2 N–H and O–H groups in total. The summed E-state index contributed by atoms with van der Waals surface area (Å²) in [6, 6.07) is 8.18. The SMILES string of the molecule is CCNC(=NCc1ccc(COCC)cc1)NC(C)c1nc(C)c(C(=O)OCC)s1.I. The second kappa shape index (κ2) is 14.4. The summed E-state index contributed by atoms with van der Waals surface area (Å²) >= 11 is 1.36. The lowest BCUT2D eigenvalue weighted by atomic mass is 10.1. The van der Waals surface area contributed by atoms with Crippen LogP contribution in [0.2, 0.25) is 0 Å². The number of nitrogens with one attached hydrogen (secondary N) is 2. The van der Waals surface area contributed by atoms with Crippen molar-refractivity contribution in [2.24, 2.45) is 4.99 Å². The van der Waals surface area contributed by atoms with Crippen LogP contribution in [-0.4, -0.2) is 36.7 Å². The molecule has 2 aromatic rings. The highest BCUT2D eigenvalue weighted by atomic mass is 127. The maximum absolute atomic E-state index is 12.1. The molecule has 0 saturated carbocycles. The van der Waals surface area contributed by atoms with Crippen LogP contribution in [0.1, 0.15) is 65.2 Å². The molecule has 7 nitrogen and oxygen atoms in total. The Kier molecular flexibility index (Phi) is 12.7. The van der Waals surface area contributed by atoms with E-state index in [0.29, 0.717) is 42.9 Å². The highest BCUT2D eigenvalue weighted by molar-refractivity contribution is 14.0. The van der Waals surface area contributed by atoms with Crippen LogP contribution in [0, 0.1) is 6.92 Å². The first-order chi connectivity index (χ1) is 14.5. The van der Waals surface area contributed by atoms with E-state index in [1.54, 1.807) is 6.92 Å². The van der Waals surface area contributed by atoms with E-state index in [2.05, 4.69) is 44.9 Å². The molecule has 0 aliphatic rings. The monoisotopic (exact) mass is 560 g/mol. The quantitative estimate of drug-likeness (QED) is 0.191. The average molecular weight is 561 g/mol. The lowest BCUT2D eigenvalue weighted by Crippen LogP contribution is -2.38. The predicted molar refractivity (Wildman–Crippen MR) is 136 cm³/mol. The van der Waals surface area contributed by atoms with Gasteiger partial charge in [0.2, 0.25) is 0 Å². The van der Waals surface area contributed by atoms with Crippen molar-refractivity contribution in [1.82, 2.24) is 15.6 Å². The van der Waals surface area contributed by atoms with Crippen LogP contribution >= 0.6 is 35.3 Å². The molecule has 0 aliphatic carbocycles. The first kappa shape index (κ1) is 27.3. The van der Waals surface area contributed by atoms with Crippen LogP contribution in [0.15, 0.2) is 29.3 Å². The molecule has 0 fully saturated rings. The van der Waals surface area contributed by atoms with Crippen LogP contribution in [0.25, 0.3) is 0 Å². The van der Waals surface area contributed by atoms with E-state index in [-0.39, 0.29) is 36.0 Å². The third kappa shape index (κ3) is 8.74. The number of ether oxygens (including phenoxy) is 2. The van der Waals surface area contributed by atoms with E-state index in [9.17, 15) is 4.79 Å². The number of aromatic nitrogens is 1. The fourth-order valence-corrected chi connectivity index (χ4v) is 3.67. The molecule has 0 saturated heterocycles. The Morgan fingerprint density at radius 3 is 2.45 bits per heavy atom. The van der Waals surface area contributed by atoms with E-state index in [4.69, 9.17) is 9.47 Å². The normalized spacial score (nSPS) is 12.1. The van der Waals surface area contributed by atoms with E-state index in [1.807, 2.05) is 27.7 Å². The molecule has 1 aromatic heterocycles. The Morgan fingerprint density at radius 2 is 1.84 bits per heavy atom. The Hall–Kier alpha value is -1.72. The number of hydrogen-bond acceptors (Lipinski definition) is 6. The van der Waals surface area contributed by atoms with E-state index in [1.165, 1.54) is 11.3 Å². The summed E-state index contributed by atoms with van der Waals surface area (Å²) in [4.78, 5) is 21.8. The van der Waals surface area contributed by atoms with Crippen molar-refractivity contribution in [3.63, 3.8) is 0 Å². The predicted octanol–water partition coefficient (Wildman–Crippen LogP) is 4.60. The molecular weight excluding hydrogens is 527 g/mol. The zero-order valence-corrected chi connectivity index (χ0v) is 22.0. The molecule has 9 heteroatoms. The first-order valence-electron chi connectivity index (χ1n) is 10.3. The zero-order chi connectivity index (χ0) is 21.9. The number of aliphatic imine (C=N–C) groups is 1. The number of hydrogen-bond donors (Lipinski definition) is 2. The lowest BCUT2D eigenvalue weighted by molar-refractivity contribution is 0.0531. The number of halogens is 1. The topological polar surface area (TPSA) is 84.8 Å². The number of thiazole rings is 1. The number of carbonyl (C=O) groups is 1. The molecule has 0 aliphatic heterocycles. The Labute approximate surface area is 206 Å². The summed E-state index contributed by atoms with van der Waals surface area (Å²) < 4.78 is 10.5. The highest BCUT2D eigenvalue weighted by Crippen LogP contribution is 2.24. The van der Waals surface area contributed by atoms with Crippen LogP contribution < -0.4 is 10.6 Å². The highest BCUT2D eigenvalue weighted by Gasteiger charge is 2.20. The molecule has 1 heterocycles. The minimum absolute atomic E-state index is 0. The second-order valence-corrected chi connectivity index (χ2v) is 7.73. The molecule has 0 radical (unpaired) electrons. The first-order valence-corrected chi connectivity index (χ1v) is 11.1. The molecule has 0 amide bonds. The van der Waals surface area contributed by atoms with Crippen LogP contribution in [0.4, 0.5) is 0 Å². The van der Waals surface area contributed by atoms with Crippen molar-refractivity contribution in [3.8, 4) is 0 Å². The standard InChI is InChI=1S/C22H32N4O3S.HI/c1-6-23-22(24-13-17-9-11-18(12-10-17)14-28-7-2)26-16(5)20-25-15(4)19(30-20)21(27)29-8-3;/h9-12,16H,6-8,13-14H2,1-5H3,(H2,23,24,26);1H. The molecule has 1 atom stereocenters. The fraction of sp³-hybridized carbons (Fsp3) is 0.500. The molecule has 0 spiro atoms. The maximum atomic E-state index is 12.1. The van der Waals surface area contributed by atoms with E-state index < -0.39 is 0 Å². The third-order valence-electron chi connectivity index (χ3n) is 4.26. The van der Waals surface area contributed by atoms with Gasteiger partial charge in [-0.1, -0.05) is 24.3 Å². The van der Waals surface area contributed by atoms with Crippen LogP contribution in [-0.2, 0) is 22.6 Å². The fourth-order valence-electron chi connectivity index (χ4n) is 2.71. The van der Waals surface area contributed by atoms with Gasteiger partial charge >= 0.3 is 5.97 Å². The lowest BCUT2D eigenvalue weighted by Gasteiger charge is -2.16. The number of nitrogens with zero attached hydrogens (tertiary/aromatic N) is 2. The molecular formula is C22H33IN4O3S. The van der Waals surface area contributed by atoms with E-state index in [0.717, 1.165) is 22.7 Å². The summed E-state index contributed by atoms with van der Waals surface area (Å²) in [6.45, 7) is 12.6. The molecule has 2 rings (SSSR count). The average Bonchev–Trinajstić information content (AvgIpc) is 3.13. The number of carbonyl (C=O) groups excluding carboxylic acids is 1. The summed E-state index contributed by atoms with van der Waals surface area (Å²) in [7, 11) is 0. The number of benzene rings is 1. The molecule has 1 unspecified atom stereocenters. The van der Waals surface area contributed by atoms with Crippen molar-refractivity contribution in [1.29, 1.82) is 0 Å². The molecule has 1 aromatic carbocycles. The Morgan fingerprint density at radius 1 is 1.16 bits per heavy atom. The zero-order valence-electron chi connectivity index (χ0n) is 18.9. The van der Waals surface area contributed by atoms with Gasteiger partial charge in [-0.25, -0.2) is 14.8 Å². The van der Waals surface area contributed by atoms with Gasteiger partial charge in [0, 0.05) is 13.2 Å². The van der Waals surface area contributed by atoms with Crippen molar-refractivity contribution in [3.05, 3.63) is 51.0 Å². The number of aryl methyl sites for hydroxylation is 1. The molecule has 31 heavy (non-hydrogen) atoms. The molecule has 172 valence electrons. The van der Waals surface area contributed by atoms with Gasteiger partial charge in [0.25, 0.3) is 0 Å². The van der Waals surface area contributed by atoms with Crippen molar-refractivity contribution < 1.29 is 14.3 Å². The van der Waals surface area contributed by atoms with Crippen LogP contribution in [0.5, 0.6) is 0 Å². The Balaban J connectivity index is 0.00000480. The summed E-state index contributed by atoms with van der Waals surface area (Å²) in [5, 5.41) is 7.45. The number of esters is 1. The summed E-state index contributed by atoms with van der Waals surface area (Å²) in [6.07, 6.45) is 0. The molecule has 0 bridgehead atoms. The van der Waals surface area contributed by atoms with Gasteiger partial charge in [0.05, 0.1) is 31.5 Å². The number of rotatable bonds is 10. The summed E-state index contributed by atoms with van der Waals surface area (Å²) in [5.41, 5.74) is 2.96. The van der Waals surface area contributed by atoms with Gasteiger partial charge in [-0.2, -0.15) is 0 Å². The van der Waals surface area contributed by atoms with Gasteiger partial charge in [-0.05, 0) is 45.7 Å². The minimum atomic E-state index is -0.320. The van der Waals surface area contributed by atoms with Gasteiger partial charge in [-0.15, -0.1) is 35.3 Å². The van der Waals surface area contributed by atoms with Crippen molar-refractivity contribution in [2.75, 3.05) is 19.8 Å². The van der Waals surface area contributed by atoms with Gasteiger partial charge < -0.3 is 20.1 Å². The van der Waals surface area contributed by atoms with Gasteiger partial charge in [-0.3, -0.25) is 0 Å². The minimum Gasteiger partial charge on any atom is -0.462 e. The second-order valence-electron chi connectivity index (χ2n) is 6.70. The van der Waals surface area contributed by atoms with Gasteiger partial charge in [0.15, 0.2) is 5.96 Å². The third-order valence-corrected chi connectivity index (χ3v) is 5.58. The smallest absolute Gasteiger partial charge is 0.350 e. The van der Waals surface area contributed by atoms with Crippen molar-refractivity contribution in [2.45, 2.75) is 53.8 Å². The maximum Gasteiger partial charge on any atom is 0.350 e.